The maximum atomic E-state index is 10.5. The number of nitrogens with zero attached hydrogens (tertiary/aromatic N) is 1. The summed E-state index contributed by atoms with van der Waals surface area (Å²) in [5, 5.41) is 0. The number of hydrazine groups is 1. The van der Waals surface area contributed by atoms with Crippen LogP contribution in [0.3, 0.4) is 0 Å². The van der Waals surface area contributed by atoms with Gasteiger partial charge in [0.05, 0.1) is 0 Å². The van der Waals surface area contributed by atoms with Gasteiger partial charge in [0, 0.05) is 25.3 Å². The number of nitrogens with two attached hydrogens (primary N) is 1. The molecule has 3 aliphatic rings. The van der Waals surface area contributed by atoms with Crippen LogP contribution in [0, 0.1) is 0 Å². The van der Waals surface area contributed by atoms with Crippen molar-refractivity contribution >= 4 is 6.03 Å². The number of amides is 2. The maximum Gasteiger partial charge on any atom is 0.330 e. The zero-order chi connectivity index (χ0) is 9.26. The van der Waals surface area contributed by atoms with Gasteiger partial charge in [0.1, 0.15) is 0 Å². The molecule has 5 heteroatoms. The molecule has 5 nitrogen and oxygen atoms in total. The number of carbonyl (C=O) groups is 1. The first-order valence-electron chi connectivity index (χ1n) is 4.50. The lowest BCUT2D eigenvalue weighted by molar-refractivity contribution is 0.232. The summed E-state index contributed by atoms with van der Waals surface area (Å²) in [5.74, 6) is 0. The molecular formula is C8H14N4O. The fraction of sp³-hybridized carbons (Fsp3) is 0.625. The zero-order valence-corrected chi connectivity index (χ0v) is 7.47. The van der Waals surface area contributed by atoms with Crippen LogP contribution in [0.4, 0.5) is 4.79 Å². The molecule has 13 heavy (non-hydrogen) atoms. The van der Waals surface area contributed by atoms with Crippen LogP contribution < -0.4 is 16.6 Å². The van der Waals surface area contributed by atoms with Gasteiger partial charge in [-0.2, -0.15) is 0 Å². The molecule has 0 aromatic heterocycles. The van der Waals surface area contributed by atoms with E-state index in [9.17, 15) is 4.79 Å². The third kappa shape index (κ3) is 1.75. The van der Waals surface area contributed by atoms with Crippen molar-refractivity contribution in [3.8, 4) is 0 Å². The Morgan fingerprint density at radius 2 is 2.08 bits per heavy atom. The van der Waals surface area contributed by atoms with Crippen LogP contribution in [0.25, 0.3) is 0 Å². The molecular weight excluding hydrogens is 168 g/mol. The summed E-state index contributed by atoms with van der Waals surface area (Å²) in [7, 11) is 0. The highest BCUT2D eigenvalue weighted by Crippen LogP contribution is 2.24. The lowest BCUT2D eigenvalue weighted by Gasteiger charge is -2.36. The van der Waals surface area contributed by atoms with Crippen molar-refractivity contribution in [1.29, 1.82) is 0 Å². The molecule has 4 N–H and O–H groups in total. The summed E-state index contributed by atoms with van der Waals surface area (Å²) in [6, 6.07) is -0.537. The first-order chi connectivity index (χ1) is 6.25. The summed E-state index contributed by atoms with van der Waals surface area (Å²) in [4.78, 5) is 12.8. The number of nitrogens with one attached hydrogen (secondary N) is 2. The van der Waals surface area contributed by atoms with Crippen molar-refractivity contribution in [3.05, 3.63) is 11.3 Å². The molecule has 1 saturated heterocycles. The topological polar surface area (TPSA) is 70.4 Å². The molecule has 2 amide bonds. The van der Waals surface area contributed by atoms with E-state index in [0.717, 1.165) is 38.2 Å². The Bertz CT molecular complexity index is 251. The first kappa shape index (κ1) is 8.37. The van der Waals surface area contributed by atoms with Gasteiger partial charge in [-0.15, -0.1) is 0 Å². The van der Waals surface area contributed by atoms with Gasteiger partial charge < -0.3 is 11.2 Å². The number of piperidine rings is 1. The standard InChI is InChI=1S/C8H14N4O/c9-8(13)11-10-7-5-12-3-1-6(7)2-4-12/h10H,1-5H2,(H3,9,11,13). The number of primary amides is 1. The molecule has 0 spiro atoms. The Labute approximate surface area is 76.9 Å². The molecule has 0 aromatic rings. The van der Waals surface area contributed by atoms with Crippen molar-refractivity contribution in [2.75, 3.05) is 19.6 Å². The molecule has 1 fully saturated rings. The van der Waals surface area contributed by atoms with E-state index < -0.39 is 6.03 Å². The molecule has 0 unspecified atom stereocenters. The van der Waals surface area contributed by atoms with Gasteiger partial charge in [-0.25, -0.2) is 4.79 Å². The van der Waals surface area contributed by atoms with Crippen molar-refractivity contribution < 1.29 is 4.79 Å². The van der Waals surface area contributed by atoms with E-state index in [1.165, 1.54) is 5.57 Å². The minimum atomic E-state index is -0.537. The average molecular weight is 182 g/mol. The molecule has 0 saturated carbocycles. The highest BCUT2D eigenvalue weighted by atomic mass is 16.2. The fourth-order valence-electron chi connectivity index (χ4n) is 1.88. The Balaban J connectivity index is 1.98. The zero-order valence-electron chi connectivity index (χ0n) is 7.47. The van der Waals surface area contributed by atoms with Gasteiger partial charge in [-0.3, -0.25) is 10.3 Å². The third-order valence-corrected chi connectivity index (χ3v) is 2.60. The number of carbonyl (C=O) groups excluding carboxylic acids is 1. The molecule has 0 radical (unpaired) electrons. The smallest absolute Gasteiger partial charge is 0.330 e. The van der Waals surface area contributed by atoms with Crippen LogP contribution in [-0.2, 0) is 0 Å². The van der Waals surface area contributed by atoms with Crippen LogP contribution >= 0.6 is 0 Å². The van der Waals surface area contributed by atoms with Crippen LogP contribution in [0.2, 0.25) is 0 Å². The predicted molar refractivity (Wildman–Crippen MR) is 48.6 cm³/mol. The molecule has 72 valence electrons. The van der Waals surface area contributed by atoms with Crippen LogP contribution in [0.1, 0.15) is 12.8 Å². The van der Waals surface area contributed by atoms with E-state index >= 15 is 0 Å². The summed E-state index contributed by atoms with van der Waals surface area (Å²) in [6.07, 6.45) is 2.23. The quantitative estimate of drug-likeness (QED) is 0.505. The van der Waals surface area contributed by atoms with Crippen molar-refractivity contribution in [1.82, 2.24) is 15.8 Å². The van der Waals surface area contributed by atoms with E-state index in [2.05, 4.69) is 15.8 Å². The first-order valence-corrected chi connectivity index (χ1v) is 4.50. The predicted octanol–water partition coefficient (Wildman–Crippen LogP) is -0.477. The minimum Gasteiger partial charge on any atom is -0.350 e. The monoisotopic (exact) mass is 182 g/mol. The van der Waals surface area contributed by atoms with Gasteiger partial charge >= 0.3 is 6.03 Å². The normalized spacial score (nSPS) is 21.8. The third-order valence-electron chi connectivity index (χ3n) is 2.60. The number of urea groups is 1. The van der Waals surface area contributed by atoms with Crippen LogP contribution in [-0.4, -0.2) is 30.6 Å². The summed E-state index contributed by atoms with van der Waals surface area (Å²) >= 11 is 0. The second kappa shape index (κ2) is 3.26. The van der Waals surface area contributed by atoms with Gasteiger partial charge in [0.15, 0.2) is 0 Å². The van der Waals surface area contributed by atoms with Gasteiger partial charge in [0.2, 0.25) is 0 Å². The number of rotatable bonds is 2. The van der Waals surface area contributed by atoms with E-state index in [1.54, 1.807) is 0 Å². The van der Waals surface area contributed by atoms with Gasteiger partial charge in [0.25, 0.3) is 0 Å². The Kier molecular flexibility index (Phi) is 2.10. The minimum absolute atomic E-state index is 0.537. The van der Waals surface area contributed by atoms with E-state index in [4.69, 9.17) is 5.73 Å². The molecule has 0 aromatic carbocycles. The lowest BCUT2D eigenvalue weighted by atomic mass is 9.96. The Hall–Kier alpha value is -1.23. The van der Waals surface area contributed by atoms with E-state index in [1.807, 2.05) is 0 Å². The average Bonchev–Trinajstić information content (AvgIpc) is 2.17. The second-order valence-electron chi connectivity index (χ2n) is 3.47. The second-order valence-corrected chi connectivity index (χ2v) is 3.47. The molecule has 3 heterocycles. The summed E-state index contributed by atoms with van der Waals surface area (Å²) < 4.78 is 0. The maximum absolute atomic E-state index is 10.5. The summed E-state index contributed by atoms with van der Waals surface area (Å²) in [5.41, 5.74) is 12.8. The highest BCUT2D eigenvalue weighted by Gasteiger charge is 2.24. The van der Waals surface area contributed by atoms with Crippen molar-refractivity contribution in [2.24, 2.45) is 5.73 Å². The molecule has 3 aliphatic heterocycles. The number of hydrogen-bond donors (Lipinski definition) is 3. The SMILES string of the molecule is NC(=O)NNC1=C2CCN(CC2)C1. The number of hydrogen-bond acceptors (Lipinski definition) is 3. The van der Waals surface area contributed by atoms with Crippen LogP contribution in [0.15, 0.2) is 11.3 Å². The Morgan fingerprint density at radius 1 is 1.38 bits per heavy atom. The van der Waals surface area contributed by atoms with E-state index in [-0.39, 0.29) is 0 Å². The summed E-state index contributed by atoms with van der Waals surface area (Å²) in [6.45, 7) is 3.21. The van der Waals surface area contributed by atoms with E-state index in [0.29, 0.717) is 0 Å². The highest BCUT2D eigenvalue weighted by molar-refractivity contribution is 5.71. The molecule has 2 bridgehead atoms. The fourth-order valence-corrected chi connectivity index (χ4v) is 1.88. The number of fused-ring (bicyclic) bond motifs is 3. The Morgan fingerprint density at radius 3 is 2.54 bits per heavy atom. The van der Waals surface area contributed by atoms with Crippen molar-refractivity contribution in [3.63, 3.8) is 0 Å². The largest absolute Gasteiger partial charge is 0.350 e. The van der Waals surface area contributed by atoms with Gasteiger partial charge in [-0.05, 0) is 18.4 Å². The van der Waals surface area contributed by atoms with Crippen molar-refractivity contribution in [2.45, 2.75) is 12.8 Å². The van der Waals surface area contributed by atoms with Gasteiger partial charge in [-0.1, -0.05) is 0 Å². The molecule has 3 rings (SSSR count). The van der Waals surface area contributed by atoms with Crippen LogP contribution in [0.5, 0.6) is 0 Å². The molecule has 0 atom stereocenters. The molecule has 0 aliphatic carbocycles. The lowest BCUT2D eigenvalue weighted by Crippen LogP contribution is -2.48.